The van der Waals surface area contributed by atoms with Gasteiger partial charge in [-0.05, 0) is 18.1 Å². The molecule has 3 rings (SSSR count). The first-order valence-electron chi connectivity index (χ1n) is 6.62. The molecule has 20 heavy (non-hydrogen) atoms. The third kappa shape index (κ3) is 1.80. The van der Waals surface area contributed by atoms with Gasteiger partial charge in [0.05, 0.1) is 6.04 Å². The van der Waals surface area contributed by atoms with Crippen LogP contribution < -0.4 is 5.73 Å². The van der Waals surface area contributed by atoms with Crippen molar-refractivity contribution in [3.8, 4) is 0 Å². The zero-order valence-corrected chi connectivity index (χ0v) is 11.2. The number of piperidine rings is 1. The first-order valence-corrected chi connectivity index (χ1v) is 6.62. The summed E-state index contributed by atoms with van der Waals surface area (Å²) in [6.07, 6.45) is -0.0846. The summed E-state index contributed by atoms with van der Waals surface area (Å²) in [5.74, 6) is -0.427. The molecule has 0 radical (unpaired) electrons. The van der Waals surface area contributed by atoms with Gasteiger partial charge in [0.1, 0.15) is 6.23 Å². The van der Waals surface area contributed by atoms with Crippen molar-refractivity contribution in [1.29, 1.82) is 0 Å². The topological polar surface area (TPSA) is 86.9 Å². The van der Waals surface area contributed by atoms with Crippen LogP contribution in [-0.2, 0) is 16.1 Å². The van der Waals surface area contributed by atoms with Crippen LogP contribution >= 0.6 is 0 Å². The highest BCUT2D eigenvalue weighted by atomic mass is 16.3. The predicted molar refractivity (Wildman–Crippen MR) is 72.2 cm³/mol. The Balaban J connectivity index is 1.89. The monoisotopic (exact) mass is 275 g/mol. The van der Waals surface area contributed by atoms with Crippen LogP contribution in [0.3, 0.4) is 0 Å². The second-order valence-electron chi connectivity index (χ2n) is 5.31. The number of fused-ring (bicyclic) bond motifs is 1. The average molecular weight is 275 g/mol. The molecule has 2 heterocycles. The van der Waals surface area contributed by atoms with E-state index < -0.39 is 12.3 Å². The molecular formula is C14H17N3O3. The van der Waals surface area contributed by atoms with Crippen LogP contribution in [0.5, 0.6) is 0 Å². The number of likely N-dealkylation sites (tertiary alicyclic amines) is 1. The zero-order chi connectivity index (χ0) is 14.4. The Morgan fingerprint density at radius 2 is 2.10 bits per heavy atom. The molecule has 1 fully saturated rings. The van der Waals surface area contributed by atoms with Crippen molar-refractivity contribution >= 4 is 17.5 Å². The van der Waals surface area contributed by atoms with Crippen molar-refractivity contribution < 1.29 is 14.7 Å². The molecule has 6 heteroatoms. The minimum Gasteiger partial charge on any atom is -0.398 e. The molecule has 2 aliphatic rings. The first-order chi connectivity index (χ1) is 9.50. The van der Waals surface area contributed by atoms with E-state index in [1.54, 1.807) is 17.0 Å². The van der Waals surface area contributed by atoms with Gasteiger partial charge in [-0.1, -0.05) is 12.1 Å². The smallest absolute Gasteiger partial charge is 0.246 e. The van der Waals surface area contributed by atoms with Crippen molar-refractivity contribution in [2.45, 2.75) is 31.7 Å². The summed E-state index contributed by atoms with van der Waals surface area (Å²) in [5.41, 5.74) is 8.16. The summed E-state index contributed by atoms with van der Waals surface area (Å²) in [6, 6.07) is 4.92. The number of aliphatic hydroxyl groups is 1. The molecule has 2 unspecified atom stereocenters. The molecule has 0 bridgehead atoms. The summed E-state index contributed by atoms with van der Waals surface area (Å²) in [4.78, 5) is 26.6. The minimum absolute atomic E-state index is 0.169. The Labute approximate surface area is 116 Å². The van der Waals surface area contributed by atoms with Gasteiger partial charge in [0.2, 0.25) is 11.8 Å². The number of rotatable bonds is 1. The van der Waals surface area contributed by atoms with Crippen LogP contribution in [0.25, 0.3) is 0 Å². The highest BCUT2D eigenvalue weighted by Crippen LogP contribution is 2.38. The Morgan fingerprint density at radius 1 is 1.35 bits per heavy atom. The fourth-order valence-electron chi connectivity index (χ4n) is 2.98. The van der Waals surface area contributed by atoms with Gasteiger partial charge < -0.3 is 10.8 Å². The van der Waals surface area contributed by atoms with Gasteiger partial charge in [-0.15, -0.1) is 0 Å². The summed E-state index contributed by atoms with van der Waals surface area (Å²) in [7, 11) is 1.49. The van der Waals surface area contributed by atoms with Gasteiger partial charge in [-0.3, -0.25) is 19.4 Å². The molecule has 2 atom stereocenters. The largest absolute Gasteiger partial charge is 0.398 e. The lowest BCUT2D eigenvalue weighted by atomic mass is 10.0. The van der Waals surface area contributed by atoms with Crippen molar-refractivity contribution in [3.05, 3.63) is 29.3 Å². The van der Waals surface area contributed by atoms with Crippen molar-refractivity contribution in [3.63, 3.8) is 0 Å². The number of aliphatic hydroxyl groups excluding tert-OH is 1. The second-order valence-corrected chi connectivity index (χ2v) is 5.31. The van der Waals surface area contributed by atoms with Crippen LogP contribution in [0.2, 0.25) is 0 Å². The summed E-state index contributed by atoms with van der Waals surface area (Å²) in [6.45, 7) is 0.432. The fraction of sp³-hybridized carbons (Fsp3) is 0.429. The number of nitrogen functional groups attached to an aromatic ring is 1. The molecule has 0 aromatic heterocycles. The third-order valence-electron chi connectivity index (χ3n) is 4.20. The van der Waals surface area contributed by atoms with E-state index in [2.05, 4.69) is 0 Å². The van der Waals surface area contributed by atoms with Crippen LogP contribution in [0.1, 0.15) is 30.2 Å². The molecular weight excluding hydrogens is 258 g/mol. The molecule has 3 N–H and O–H groups in total. The van der Waals surface area contributed by atoms with Crippen molar-refractivity contribution in [2.24, 2.45) is 0 Å². The number of nitrogens with two attached hydrogens (primary N) is 1. The zero-order valence-electron chi connectivity index (χ0n) is 11.2. The number of anilines is 1. The lowest BCUT2D eigenvalue weighted by Gasteiger charge is -2.35. The number of carbonyl (C=O) groups excluding carboxylic acids is 2. The normalized spacial score (nSPS) is 27.0. The summed E-state index contributed by atoms with van der Waals surface area (Å²) in [5, 5.41) is 10.4. The maximum atomic E-state index is 12.2. The molecule has 0 aliphatic carbocycles. The Hall–Kier alpha value is -1.92. The van der Waals surface area contributed by atoms with Crippen LogP contribution in [0.4, 0.5) is 5.69 Å². The molecule has 2 amide bonds. The number of likely N-dealkylation sites (N-methyl/N-ethyl adjacent to an activating group) is 1. The van der Waals surface area contributed by atoms with E-state index in [4.69, 9.17) is 5.73 Å². The first kappa shape index (κ1) is 13.1. The van der Waals surface area contributed by atoms with Gasteiger partial charge in [0.25, 0.3) is 0 Å². The SMILES string of the molecule is CN1C(=O)CCC(N2Cc3c(N)cccc3C2O)C1=O. The lowest BCUT2D eigenvalue weighted by Crippen LogP contribution is -2.52. The maximum absolute atomic E-state index is 12.2. The van der Waals surface area contributed by atoms with Gasteiger partial charge in [0, 0.05) is 31.3 Å². The van der Waals surface area contributed by atoms with Gasteiger partial charge >= 0.3 is 0 Å². The summed E-state index contributed by atoms with van der Waals surface area (Å²) >= 11 is 0. The number of hydrogen-bond donors (Lipinski definition) is 2. The highest BCUT2D eigenvalue weighted by Gasteiger charge is 2.42. The number of nitrogens with zero attached hydrogens (tertiary/aromatic N) is 2. The van der Waals surface area contributed by atoms with Gasteiger partial charge in [0.15, 0.2) is 0 Å². The molecule has 1 aromatic rings. The van der Waals surface area contributed by atoms with Crippen LogP contribution in [0.15, 0.2) is 18.2 Å². The number of imide groups is 1. The van der Waals surface area contributed by atoms with Crippen molar-refractivity contribution in [1.82, 2.24) is 9.80 Å². The number of amides is 2. The quantitative estimate of drug-likeness (QED) is 0.565. The Bertz CT molecular complexity index is 587. The summed E-state index contributed by atoms with van der Waals surface area (Å²) < 4.78 is 0. The van der Waals surface area contributed by atoms with Crippen LogP contribution in [0, 0.1) is 0 Å². The van der Waals surface area contributed by atoms with E-state index >= 15 is 0 Å². The maximum Gasteiger partial charge on any atom is 0.246 e. The Morgan fingerprint density at radius 3 is 2.80 bits per heavy atom. The molecule has 106 valence electrons. The Kier molecular flexibility index (Phi) is 2.99. The minimum atomic E-state index is -0.843. The van der Waals surface area contributed by atoms with E-state index in [1.807, 2.05) is 6.07 Å². The number of hydrogen-bond acceptors (Lipinski definition) is 5. The number of benzene rings is 1. The third-order valence-corrected chi connectivity index (χ3v) is 4.20. The highest BCUT2D eigenvalue weighted by molar-refractivity contribution is 6.00. The van der Waals surface area contributed by atoms with E-state index in [0.29, 0.717) is 25.1 Å². The van der Waals surface area contributed by atoms with E-state index in [-0.39, 0.29) is 11.8 Å². The van der Waals surface area contributed by atoms with Gasteiger partial charge in [-0.2, -0.15) is 0 Å². The van der Waals surface area contributed by atoms with Crippen molar-refractivity contribution in [2.75, 3.05) is 12.8 Å². The second kappa shape index (κ2) is 4.57. The molecule has 1 aromatic carbocycles. The number of carbonyl (C=O) groups is 2. The van der Waals surface area contributed by atoms with E-state index in [9.17, 15) is 14.7 Å². The van der Waals surface area contributed by atoms with Gasteiger partial charge in [-0.25, -0.2) is 0 Å². The standard InChI is InChI=1S/C14H17N3O3/c1-16-12(18)6-5-11(14(16)20)17-7-9-8(13(17)19)3-2-4-10(9)15/h2-4,11,13,19H,5-7,15H2,1H3. The fourth-order valence-corrected chi connectivity index (χ4v) is 2.98. The molecule has 2 aliphatic heterocycles. The lowest BCUT2D eigenvalue weighted by molar-refractivity contribution is -0.155. The predicted octanol–water partition coefficient (Wildman–Crippen LogP) is 0.223. The molecule has 1 saturated heterocycles. The molecule has 6 nitrogen and oxygen atoms in total. The van der Waals surface area contributed by atoms with Crippen LogP contribution in [-0.4, -0.2) is 39.8 Å². The molecule has 0 spiro atoms. The van der Waals surface area contributed by atoms with E-state index in [1.165, 1.54) is 7.05 Å². The van der Waals surface area contributed by atoms with E-state index in [0.717, 1.165) is 16.0 Å². The molecule has 0 saturated carbocycles. The average Bonchev–Trinajstić information content (AvgIpc) is 2.76.